The summed E-state index contributed by atoms with van der Waals surface area (Å²) in [4.78, 5) is 26.4. The number of carbonyl (C=O) groups is 2. The van der Waals surface area contributed by atoms with Crippen molar-refractivity contribution in [3.8, 4) is 0 Å². The zero-order valence-electron chi connectivity index (χ0n) is 12.7. The molecule has 1 aliphatic carbocycles. The molecule has 5 heteroatoms. The lowest BCUT2D eigenvalue weighted by atomic mass is 9.74. The van der Waals surface area contributed by atoms with Crippen molar-refractivity contribution in [2.24, 2.45) is 23.2 Å². The first-order chi connectivity index (χ1) is 10.0. The van der Waals surface area contributed by atoms with Crippen LogP contribution in [0.15, 0.2) is 0 Å². The molecule has 0 aromatic carbocycles. The van der Waals surface area contributed by atoms with Crippen LogP contribution in [0.25, 0.3) is 0 Å². The van der Waals surface area contributed by atoms with Gasteiger partial charge in [-0.3, -0.25) is 9.59 Å². The SMILES string of the molecule is CC1CCCCC1C(=O)N1C[C@H]2COCC[C@@]2(C(=O)O)C1. The standard InChI is InChI=1S/C16H25NO4/c1-11-4-2-3-5-13(11)14(18)17-8-12-9-21-7-6-16(12,10-17)15(19)20/h11-13H,2-10H2,1H3,(H,19,20)/t11?,12-,13?,16+/m0/s1. The number of carbonyl (C=O) groups excluding carboxylic acids is 1. The maximum absolute atomic E-state index is 12.8. The Balaban J connectivity index is 1.75. The molecule has 3 rings (SSSR count). The van der Waals surface area contributed by atoms with Gasteiger partial charge in [-0.05, 0) is 25.2 Å². The number of likely N-dealkylation sites (tertiary alicyclic amines) is 1. The molecule has 0 radical (unpaired) electrons. The molecule has 4 atom stereocenters. The van der Waals surface area contributed by atoms with Crippen LogP contribution < -0.4 is 0 Å². The van der Waals surface area contributed by atoms with Crippen molar-refractivity contribution >= 4 is 11.9 Å². The minimum atomic E-state index is -0.772. The van der Waals surface area contributed by atoms with Gasteiger partial charge in [-0.15, -0.1) is 0 Å². The van der Waals surface area contributed by atoms with Crippen LogP contribution in [0.2, 0.25) is 0 Å². The first-order valence-corrected chi connectivity index (χ1v) is 8.14. The van der Waals surface area contributed by atoms with E-state index in [9.17, 15) is 14.7 Å². The van der Waals surface area contributed by atoms with Gasteiger partial charge in [0.2, 0.25) is 5.91 Å². The van der Waals surface area contributed by atoms with Gasteiger partial charge in [0, 0.05) is 31.5 Å². The molecule has 2 heterocycles. The number of nitrogens with zero attached hydrogens (tertiary/aromatic N) is 1. The van der Waals surface area contributed by atoms with Gasteiger partial charge < -0.3 is 14.7 Å². The van der Waals surface area contributed by atoms with E-state index in [1.54, 1.807) is 0 Å². The number of rotatable bonds is 2. The highest BCUT2D eigenvalue weighted by Crippen LogP contribution is 2.43. The van der Waals surface area contributed by atoms with E-state index in [0.29, 0.717) is 38.6 Å². The first kappa shape index (κ1) is 14.8. The van der Waals surface area contributed by atoms with Gasteiger partial charge in [0.05, 0.1) is 12.0 Å². The molecular formula is C16H25NO4. The quantitative estimate of drug-likeness (QED) is 0.843. The van der Waals surface area contributed by atoms with Gasteiger partial charge >= 0.3 is 5.97 Å². The fourth-order valence-electron chi connectivity index (χ4n) is 4.39. The van der Waals surface area contributed by atoms with Crippen LogP contribution >= 0.6 is 0 Å². The van der Waals surface area contributed by atoms with Crippen molar-refractivity contribution in [3.63, 3.8) is 0 Å². The van der Waals surface area contributed by atoms with Crippen LogP contribution in [0.3, 0.4) is 0 Å². The number of hydrogen-bond donors (Lipinski definition) is 1. The second-order valence-electron chi connectivity index (χ2n) is 7.07. The van der Waals surface area contributed by atoms with Crippen LogP contribution in [0, 0.1) is 23.2 Å². The molecule has 3 fully saturated rings. The average molecular weight is 295 g/mol. The van der Waals surface area contributed by atoms with Crippen LogP contribution in [-0.2, 0) is 14.3 Å². The van der Waals surface area contributed by atoms with Gasteiger partial charge in [-0.1, -0.05) is 19.8 Å². The van der Waals surface area contributed by atoms with Gasteiger partial charge in [0.15, 0.2) is 0 Å². The molecule has 5 nitrogen and oxygen atoms in total. The third kappa shape index (κ3) is 2.45. The lowest BCUT2D eigenvalue weighted by Gasteiger charge is -2.34. The maximum Gasteiger partial charge on any atom is 0.311 e. The normalized spacial score (nSPS) is 39.9. The Hall–Kier alpha value is -1.10. The number of hydrogen-bond acceptors (Lipinski definition) is 3. The fraction of sp³-hybridized carbons (Fsp3) is 0.875. The van der Waals surface area contributed by atoms with E-state index in [1.165, 1.54) is 6.42 Å². The monoisotopic (exact) mass is 295 g/mol. The minimum Gasteiger partial charge on any atom is -0.481 e. The summed E-state index contributed by atoms with van der Waals surface area (Å²) >= 11 is 0. The molecule has 0 aromatic heterocycles. The Kier molecular flexibility index (Phi) is 3.95. The van der Waals surface area contributed by atoms with Crippen molar-refractivity contribution in [1.29, 1.82) is 0 Å². The summed E-state index contributed by atoms with van der Waals surface area (Å²) in [5.41, 5.74) is -0.772. The molecule has 118 valence electrons. The summed E-state index contributed by atoms with van der Waals surface area (Å²) in [6, 6.07) is 0. The van der Waals surface area contributed by atoms with Crippen LogP contribution in [0.1, 0.15) is 39.0 Å². The molecule has 1 saturated carbocycles. The molecule has 0 bridgehead atoms. The Morgan fingerprint density at radius 2 is 2.05 bits per heavy atom. The van der Waals surface area contributed by atoms with Crippen LogP contribution in [0.5, 0.6) is 0 Å². The van der Waals surface area contributed by atoms with E-state index < -0.39 is 11.4 Å². The van der Waals surface area contributed by atoms with E-state index in [0.717, 1.165) is 19.3 Å². The molecule has 1 amide bonds. The highest BCUT2D eigenvalue weighted by molar-refractivity contribution is 5.83. The number of carboxylic acid groups (broad SMARTS) is 1. The number of aliphatic carboxylic acids is 1. The van der Waals surface area contributed by atoms with Crippen LogP contribution in [0.4, 0.5) is 0 Å². The third-order valence-corrected chi connectivity index (χ3v) is 5.87. The van der Waals surface area contributed by atoms with Crippen molar-refractivity contribution in [1.82, 2.24) is 4.90 Å². The highest BCUT2D eigenvalue weighted by Gasteiger charge is 2.55. The molecule has 21 heavy (non-hydrogen) atoms. The van der Waals surface area contributed by atoms with E-state index >= 15 is 0 Å². The Bertz CT molecular complexity index is 438. The molecule has 1 N–H and O–H groups in total. The summed E-state index contributed by atoms with van der Waals surface area (Å²) in [6.45, 7) is 4.04. The lowest BCUT2D eigenvalue weighted by Crippen LogP contribution is -2.45. The minimum absolute atomic E-state index is 0.0494. The Labute approximate surface area is 125 Å². The van der Waals surface area contributed by atoms with E-state index in [4.69, 9.17) is 4.74 Å². The predicted molar refractivity (Wildman–Crippen MR) is 76.7 cm³/mol. The highest BCUT2D eigenvalue weighted by atomic mass is 16.5. The Morgan fingerprint density at radius 1 is 1.29 bits per heavy atom. The molecule has 2 unspecified atom stereocenters. The fourth-order valence-corrected chi connectivity index (χ4v) is 4.39. The first-order valence-electron chi connectivity index (χ1n) is 8.14. The summed E-state index contributed by atoms with van der Waals surface area (Å²) in [6.07, 6.45) is 4.92. The number of amides is 1. The van der Waals surface area contributed by atoms with Gasteiger partial charge in [0.25, 0.3) is 0 Å². The molecule has 0 spiro atoms. The Morgan fingerprint density at radius 3 is 2.71 bits per heavy atom. The van der Waals surface area contributed by atoms with Crippen LogP contribution in [-0.4, -0.2) is 48.2 Å². The summed E-state index contributed by atoms with van der Waals surface area (Å²) in [7, 11) is 0. The number of fused-ring (bicyclic) bond motifs is 1. The zero-order valence-corrected chi connectivity index (χ0v) is 12.7. The number of carboxylic acids is 1. The van der Waals surface area contributed by atoms with Gasteiger partial charge in [-0.25, -0.2) is 0 Å². The van der Waals surface area contributed by atoms with Gasteiger partial charge in [-0.2, -0.15) is 0 Å². The summed E-state index contributed by atoms with van der Waals surface area (Å²) in [5.74, 6) is -0.122. The van der Waals surface area contributed by atoms with Crippen molar-refractivity contribution in [2.75, 3.05) is 26.3 Å². The average Bonchev–Trinajstić information content (AvgIpc) is 2.88. The topological polar surface area (TPSA) is 66.8 Å². The second kappa shape index (κ2) is 5.59. The molecular weight excluding hydrogens is 270 g/mol. The smallest absolute Gasteiger partial charge is 0.311 e. The van der Waals surface area contributed by atoms with E-state index in [1.807, 2.05) is 4.90 Å². The van der Waals surface area contributed by atoms with Crippen molar-refractivity contribution in [2.45, 2.75) is 39.0 Å². The van der Waals surface area contributed by atoms with Crippen molar-refractivity contribution in [3.05, 3.63) is 0 Å². The summed E-state index contributed by atoms with van der Waals surface area (Å²) < 4.78 is 5.45. The predicted octanol–water partition coefficient (Wildman–Crippen LogP) is 1.76. The van der Waals surface area contributed by atoms with Crippen molar-refractivity contribution < 1.29 is 19.4 Å². The summed E-state index contributed by atoms with van der Waals surface area (Å²) in [5, 5.41) is 9.67. The molecule has 0 aromatic rings. The van der Waals surface area contributed by atoms with E-state index in [-0.39, 0.29) is 17.7 Å². The lowest BCUT2D eigenvalue weighted by molar-refractivity contribution is -0.157. The van der Waals surface area contributed by atoms with Gasteiger partial charge in [0.1, 0.15) is 0 Å². The number of ether oxygens (including phenoxy) is 1. The maximum atomic E-state index is 12.8. The second-order valence-corrected chi connectivity index (χ2v) is 7.07. The third-order valence-electron chi connectivity index (χ3n) is 5.87. The molecule has 2 saturated heterocycles. The molecule has 3 aliphatic rings. The largest absolute Gasteiger partial charge is 0.481 e. The zero-order chi connectivity index (χ0) is 15.0. The molecule has 2 aliphatic heterocycles. The van der Waals surface area contributed by atoms with E-state index in [2.05, 4.69) is 6.92 Å².